The maximum absolute atomic E-state index is 13.4. The van der Waals surface area contributed by atoms with Crippen LogP contribution in [0.3, 0.4) is 0 Å². The lowest BCUT2D eigenvalue weighted by molar-refractivity contribution is 0.0698. The molecule has 1 amide bonds. The summed E-state index contributed by atoms with van der Waals surface area (Å²) < 4.78 is 26.8. The van der Waals surface area contributed by atoms with Gasteiger partial charge in [-0.05, 0) is 72.0 Å². The molecule has 0 aliphatic heterocycles. The number of aromatic carboxylic acids is 1. The summed E-state index contributed by atoms with van der Waals surface area (Å²) in [6.45, 7) is 0. The summed E-state index contributed by atoms with van der Waals surface area (Å²) >= 11 is 6.04. The molecule has 3 aromatic rings. The summed E-state index contributed by atoms with van der Waals surface area (Å²) in [6.07, 6.45) is 2.54. The zero-order valence-corrected chi connectivity index (χ0v) is 19.7. The second-order valence-corrected chi connectivity index (χ2v) is 10.5. The normalized spacial score (nSPS) is 15.3. The third kappa shape index (κ3) is 4.60. The van der Waals surface area contributed by atoms with Crippen LogP contribution in [0.2, 0.25) is 5.02 Å². The molecule has 1 aliphatic rings. The zero-order valence-electron chi connectivity index (χ0n) is 18.2. The third-order valence-corrected chi connectivity index (χ3v) is 8.11. The largest absolute Gasteiger partial charge is 0.478 e. The third-order valence-electron chi connectivity index (χ3n) is 5.73. The molecule has 0 saturated carbocycles. The number of carboxylic acid groups (broad SMARTS) is 1. The fourth-order valence-electron chi connectivity index (χ4n) is 4.12. The number of nitrogens with one attached hydrogen (secondary N) is 1. The molecule has 7 nitrogen and oxygen atoms in total. The van der Waals surface area contributed by atoms with Gasteiger partial charge in [0.25, 0.3) is 5.91 Å². The molecule has 3 aromatic carbocycles. The highest BCUT2D eigenvalue weighted by atomic mass is 35.5. The first-order valence-electron chi connectivity index (χ1n) is 10.4. The van der Waals surface area contributed by atoms with Gasteiger partial charge in [-0.1, -0.05) is 29.8 Å². The van der Waals surface area contributed by atoms with Crippen molar-refractivity contribution in [2.75, 3.05) is 12.4 Å². The van der Waals surface area contributed by atoms with Crippen LogP contribution in [-0.2, 0) is 16.3 Å². The Kier molecular flexibility index (Phi) is 6.54. The van der Waals surface area contributed by atoms with Crippen LogP contribution in [0.4, 0.5) is 5.69 Å². The predicted octanol–water partition coefficient (Wildman–Crippen LogP) is 4.80. The number of sulfone groups is 1. The van der Waals surface area contributed by atoms with Crippen molar-refractivity contribution in [3.05, 3.63) is 93.5 Å². The Labute approximate surface area is 202 Å². The molecule has 4 rings (SSSR count). The molecule has 174 valence electrons. The van der Waals surface area contributed by atoms with Gasteiger partial charge in [0.05, 0.1) is 21.4 Å². The Balaban J connectivity index is 1.62. The Hall–Kier alpha value is -3.49. The van der Waals surface area contributed by atoms with E-state index in [-0.39, 0.29) is 21.7 Å². The molecule has 0 radical (unpaired) electrons. The van der Waals surface area contributed by atoms with Gasteiger partial charge in [-0.3, -0.25) is 9.79 Å². The van der Waals surface area contributed by atoms with Crippen molar-refractivity contribution in [3.63, 3.8) is 0 Å². The Morgan fingerprint density at radius 3 is 2.65 bits per heavy atom. The fraction of sp³-hybridized carbons (Fsp3) is 0.160. The zero-order chi connectivity index (χ0) is 24.5. The number of amides is 1. The van der Waals surface area contributed by atoms with E-state index in [1.165, 1.54) is 42.6 Å². The van der Waals surface area contributed by atoms with Crippen molar-refractivity contribution < 1.29 is 23.1 Å². The molecule has 0 saturated heterocycles. The molecule has 1 atom stereocenters. The molecule has 0 fully saturated rings. The van der Waals surface area contributed by atoms with E-state index in [2.05, 4.69) is 10.3 Å². The van der Waals surface area contributed by atoms with E-state index in [1.807, 2.05) is 0 Å². The molecule has 9 heteroatoms. The summed E-state index contributed by atoms with van der Waals surface area (Å²) in [5.74, 6) is -1.83. The quantitative estimate of drug-likeness (QED) is 0.476. The van der Waals surface area contributed by atoms with E-state index in [0.29, 0.717) is 23.4 Å². The minimum absolute atomic E-state index is 0.0286. The van der Waals surface area contributed by atoms with Crippen LogP contribution in [0.1, 0.15) is 49.1 Å². The molecule has 0 spiro atoms. The van der Waals surface area contributed by atoms with E-state index in [4.69, 9.17) is 11.6 Å². The van der Waals surface area contributed by atoms with Crippen molar-refractivity contribution in [1.29, 1.82) is 0 Å². The summed E-state index contributed by atoms with van der Waals surface area (Å²) in [4.78, 5) is 28.5. The van der Waals surface area contributed by atoms with Gasteiger partial charge in [0.15, 0.2) is 9.84 Å². The second kappa shape index (κ2) is 9.40. The smallest absolute Gasteiger partial charge is 0.337 e. The molecule has 1 aliphatic carbocycles. The van der Waals surface area contributed by atoms with Gasteiger partial charge < -0.3 is 10.4 Å². The van der Waals surface area contributed by atoms with Crippen LogP contribution in [0, 0.1) is 0 Å². The number of carboxylic acids is 1. The highest BCUT2D eigenvalue weighted by molar-refractivity contribution is 7.91. The summed E-state index contributed by atoms with van der Waals surface area (Å²) in [5.41, 5.74) is 2.31. The molecule has 2 N–H and O–H groups in total. The molecule has 34 heavy (non-hydrogen) atoms. The van der Waals surface area contributed by atoms with Crippen molar-refractivity contribution >= 4 is 45.2 Å². The average molecular weight is 497 g/mol. The number of carbonyl (C=O) groups excluding carboxylic acids is 1. The number of halogens is 1. The molecule has 0 bridgehead atoms. The second-order valence-electron chi connectivity index (χ2n) is 7.89. The van der Waals surface area contributed by atoms with E-state index in [1.54, 1.807) is 31.3 Å². The van der Waals surface area contributed by atoms with Gasteiger partial charge >= 0.3 is 5.97 Å². The van der Waals surface area contributed by atoms with Crippen molar-refractivity contribution in [3.8, 4) is 0 Å². The van der Waals surface area contributed by atoms with Gasteiger partial charge in [0.2, 0.25) is 0 Å². The number of carbonyl (C=O) groups is 2. The molecular weight excluding hydrogens is 476 g/mol. The summed E-state index contributed by atoms with van der Waals surface area (Å²) in [5, 5.41) is 11.9. The number of fused-ring (bicyclic) bond motifs is 1. The number of hydrogen-bond acceptors (Lipinski definition) is 5. The minimum Gasteiger partial charge on any atom is -0.478 e. The van der Waals surface area contributed by atoms with Crippen LogP contribution in [0.15, 0.2) is 70.6 Å². The Morgan fingerprint density at radius 1 is 1.12 bits per heavy atom. The van der Waals surface area contributed by atoms with Crippen LogP contribution in [-0.4, -0.2) is 38.7 Å². The number of nitrogens with zero attached hydrogens (tertiary/aromatic N) is 1. The molecule has 1 unspecified atom stereocenters. The topological polar surface area (TPSA) is 113 Å². The lowest BCUT2D eigenvalue weighted by Gasteiger charge is -2.15. The highest BCUT2D eigenvalue weighted by Gasteiger charge is 2.35. The number of benzene rings is 3. The van der Waals surface area contributed by atoms with Crippen LogP contribution in [0.5, 0.6) is 0 Å². The van der Waals surface area contributed by atoms with Crippen LogP contribution >= 0.6 is 11.6 Å². The Morgan fingerprint density at radius 2 is 1.91 bits per heavy atom. The maximum Gasteiger partial charge on any atom is 0.337 e. The first-order valence-corrected chi connectivity index (χ1v) is 12.4. The van der Waals surface area contributed by atoms with E-state index >= 15 is 0 Å². The summed E-state index contributed by atoms with van der Waals surface area (Å²) in [7, 11) is -2.19. The first-order chi connectivity index (χ1) is 16.2. The maximum atomic E-state index is 13.4. The first kappa shape index (κ1) is 23.7. The predicted molar refractivity (Wildman–Crippen MR) is 131 cm³/mol. The SMILES string of the molecule is CN=Cc1ccc(NC(=O)c2cccc(S(=O)(=O)C3CCc4cc(Cl)ccc43)c2)c(C(=O)O)c1. The monoisotopic (exact) mass is 496 g/mol. The molecular formula is C25H21ClN2O5S. The average Bonchev–Trinajstić information content (AvgIpc) is 3.24. The summed E-state index contributed by atoms with van der Waals surface area (Å²) in [6, 6.07) is 15.5. The lowest BCUT2D eigenvalue weighted by Crippen LogP contribution is -2.16. The van der Waals surface area contributed by atoms with E-state index in [0.717, 1.165) is 11.1 Å². The van der Waals surface area contributed by atoms with E-state index in [9.17, 15) is 23.1 Å². The van der Waals surface area contributed by atoms with Crippen molar-refractivity contribution in [1.82, 2.24) is 0 Å². The lowest BCUT2D eigenvalue weighted by atomic mass is 10.1. The molecule has 0 aromatic heterocycles. The number of aryl methyl sites for hydroxylation is 1. The van der Waals surface area contributed by atoms with E-state index < -0.39 is 27.0 Å². The van der Waals surface area contributed by atoms with Gasteiger partial charge in [0, 0.05) is 23.8 Å². The van der Waals surface area contributed by atoms with Gasteiger partial charge in [-0.2, -0.15) is 0 Å². The number of aliphatic imine (C=N–C) groups is 1. The highest BCUT2D eigenvalue weighted by Crippen LogP contribution is 2.41. The number of hydrogen-bond donors (Lipinski definition) is 2. The molecule has 0 heterocycles. The van der Waals surface area contributed by atoms with Gasteiger partial charge in [-0.15, -0.1) is 0 Å². The van der Waals surface area contributed by atoms with Crippen LogP contribution in [0.25, 0.3) is 0 Å². The number of rotatable bonds is 6. The van der Waals surface area contributed by atoms with Crippen molar-refractivity contribution in [2.45, 2.75) is 23.0 Å². The fourth-order valence-corrected chi connectivity index (χ4v) is 6.19. The standard InChI is InChI=1S/C25H21ClN2O5S/c1-27-14-15-5-9-22(21(11-15)25(30)31)28-24(29)17-3-2-4-19(13-17)34(32,33)23-10-6-16-12-18(26)7-8-20(16)23/h2-5,7-9,11-14,23H,6,10H2,1H3,(H,28,29)(H,30,31). The Bertz CT molecular complexity index is 1430. The van der Waals surface area contributed by atoms with Gasteiger partial charge in [0.1, 0.15) is 0 Å². The van der Waals surface area contributed by atoms with Gasteiger partial charge in [-0.25, -0.2) is 13.2 Å². The van der Waals surface area contributed by atoms with Crippen molar-refractivity contribution in [2.24, 2.45) is 4.99 Å². The minimum atomic E-state index is -3.76. The van der Waals surface area contributed by atoms with Crippen LogP contribution < -0.4 is 5.32 Å². The number of anilines is 1.